The van der Waals surface area contributed by atoms with Crippen molar-refractivity contribution in [1.82, 2.24) is 34.4 Å². The van der Waals surface area contributed by atoms with Gasteiger partial charge in [-0.1, -0.05) is 60.7 Å². The van der Waals surface area contributed by atoms with Crippen molar-refractivity contribution in [3.8, 4) is 0 Å². The molecule has 7 nitrogen and oxygen atoms in total. The minimum Gasteiger partial charge on any atom is -0.361 e. The first-order chi connectivity index (χ1) is 23.8. The molecule has 242 valence electrons. The van der Waals surface area contributed by atoms with Crippen molar-refractivity contribution < 1.29 is 0 Å². The highest BCUT2D eigenvalue weighted by Crippen LogP contribution is 2.28. The molecule has 0 bridgehead atoms. The lowest BCUT2D eigenvalue weighted by Crippen LogP contribution is -2.17. The van der Waals surface area contributed by atoms with E-state index in [1.165, 1.54) is 27.5 Å². The van der Waals surface area contributed by atoms with Crippen LogP contribution >= 0.6 is 11.6 Å². The Morgan fingerprint density at radius 1 is 0.625 bits per heavy atom. The fraction of sp³-hybridized carbons (Fsp3) is 0.175. The Morgan fingerprint density at radius 2 is 1.15 bits per heavy atom. The number of aromatic nitrogens is 6. The summed E-state index contributed by atoms with van der Waals surface area (Å²) in [5.41, 5.74) is 6.22. The van der Waals surface area contributed by atoms with Crippen LogP contribution in [0, 0.1) is 0 Å². The summed E-state index contributed by atoms with van der Waals surface area (Å²) in [6.45, 7) is 0.990. The number of halogens is 1. The number of pyridine rings is 3. The zero-order valence-corrected chi connectivity index (χ0v) is 27.8. The van der Waals surface area contributed by atoms with Gasteiger partial charge < -0.3 is 19.4 Å². The maximum Gasteiger partial charge on any atom is 0.0598 e. The predicted molar refractivity (Wildman–Crippen MR) is 199 cm³/mol. The van der Waals surface area contributed by atoms with Crippen LogP contribution in [0.4, 0.5) is 0 Å². The zero-order valence-electron chi connectivity index (χ0n) is 27.0. The van der Waals surface area contributed by atoms with Gasteiger partial charge >= 0.3 is 0 Å². The van der Waals surface area contributed by atoms with E-state index in [-0.39, 0.29) is 6.04 Å². The Labute approximate surface area is 286 Å². The Hall–Kier alpha value is -5.24. The summed E-state index contributed by atoms with van der Waals surface area (Å²) in [6.07, 6.45) is 19.3. The van der Waals surface area contributed by atoms with E-state index >= 15 is 0 Å². The summed E-state index contributed by atoms with van der Waals surface area (Å²) in [5, 5.41) is 6.77. The van der Waals surface area contributed by atoms with E-state index in [2.05, 4.69) is 126 Å². The molecule has 8 heteroatoms. The molecule has 8 rings (SSSR count). The molecule has 0 radical (unpaired) electrons. The van der Waals surface area contributed by atoms with Crippen molar-refractivity contribution in [3.05, 3.63) is 164 Å². The summed E-state index contributed by atoms with van der Waals surface area (Å²) in [5.74, 6) is 0.643. The van der Waals surface area contributed by atoms with Crippen LogP contribution in [0.3, 0.4) is 0 Å². The first-order valence-corrected chi connectivity index (χ1v) is 16.8. The van der Waals surface area contributed by atoms with Crippen LogP contribution in [0.5, 0.6) is 0 Å². The zero-order chi connectivity index (χ0) is 33.0. The SMILES string of the molecule is CNCCC(c1ccccc1)n1ccc2cnccc21.ClCCC(c1ccccc1)n1ccc2cnccc21.c1cc2[nH]ccc2cn1. The number of hydrogen-bond acceptors (Lipinski definition) is 4. The fourth-order valence-electron chi connectivity index (χ4n) is 6.11. The number of nitrogens with zero attached hydrogens (tertiary/aromatic N) is 5. The third-order valence-electron chi connectivity index (χ3n) is 8.49. The molecule has 2 N–H and O–H groups in total. The van der Waals surface area contributed by atoms with Crippen LogP contribution < -0.4 is 5.32 Å². The topological polar surface area (TPSA) is 76.3 Å². The number of nitrogens with one attached hydrogen (secondary N) is 2. The minimum absolute atomic E-state index is 0.276. The molecule has 0 aliphatic heterocycles. The van der Waals surface area contributed by atoms with Crippen molar-refractivity contribution in [3.63, 3.8) is 0 Å². The maximum absolute atomic E-state index is 5.99. The van der Waals surface area contributed by atoms with Crippen LogP contribution in [-0.4, -0.2) is 48.5 Å². The smallest absolute Gasteiger partial charge is 0.0598 e. The van der Waals surface area contributed by atoms with Crippen molar-refractivity contribution in [2.75, 3.05) is 19.5 Å². The summed E-state index contributed by atoms with van der Waals surface area (Å²) < 4.78 is 4.64. The van der Waals surface area contributed by atoms with Gasteiger partial charge in [0, 0.05) is 83.3 Å². The van der Waals surface area contributed by atoms with E-state index in [1.807, 2.05) is 62.4 Å². The molecule has 0 spiro atoms. The van der Waals surface area contributed by atoms with Gasteiger partial charge in [0.1, 0.15) is 0 Å². The monoisotopic (exact) mass is 653 g/mol. The van der Waals surface area contributed by atoms with Gasteiger partial charge in [-0.15, -0.1) is 11.6 Å². The largest absolute Gasteiger partial charge is 0.361 e. The first-order valence-electron chi connectivity index (χ1n) is 16.3. The third-order valence-corrected chi connectivity index (χ3v) is 8.70. The molecule has 0 saturated heterocycles. The van der Waals surface area contributed by atoms with Gasteiger partial charge in [-0.3, -0.25) is 15.0 Å². The van der Waals surface area contributed by atoms with Gasteiger partial charge in [0.15, 0.2) is 0 Å². The lowest BCUT2D eigenvalue weighted by atomic mass is 10.0. The van der Waals surface area contributed by atoms with E-state index in [4.69, 9.17) is 11.6 Å². The van der Waals surface area contributed by atoms with Crippen LogP contribution in [0.25, 0.3) is 32.7 Å². The number of H-pyrrole nitrogens is 1. The van der Waals surface area contributed by atoms with E-state index in [9.17, 15) is 0 Å². The quantitative estimate of drug-likeness (QED) is 0.152. The number of fused-ring (bicyclic) bond motifs is 3. The van der Waals surface area contributed by atoms with Crippen molar-refractivity contribution >= 4 is 44.3 Å². The summed E-state index contributed by atoms with van der Waals surface area (Å²) in [6, 6.07) is 34.1. The Morgan fingerprint density at radius 3 is 1.67 bits per heavy atom. The highest BCUT2D eigenvalue weighted by molar-refractivity contribution is 6.17. The molecule has 48 heavy (non-hydrogen) atoms. The Bertz CT molecular complexity index is 2090. The van der Waals surface area contributed by atoms with Gasteiger partial charge in [-0.25, -0.2) is 0 Å². The van der Waals surface area contributed by atoms with Crippen LogP contribution in [-0.2, 0) is 0 Å². The summed E-state index contributed by atoms with van der Waals surface area (Å²) in [7, 11) is 2.00. The van der Waals surface area contributed by atoms with E-state index in [1.54, 1.807) is 6.20 Å². The molecule has 2 unspecified atom stereocenters. The normalized spacial score (nSPS) is 12.2. The molecule has 0 aliphatic carbocycles. The molecule has 6 aromatic heterocycles. The van der Waals surface area contributed by atoms with Crippen LogP contribution in [0.1, 0.15) is 36.1 Å². The van der Waals surface area contributed by atoms with Crippen molar-refractivity contribution in [2.45, 2.75) is 24.9 Å². The van der Waals surface area contributed by atoms with E-state index in [0.29, 0.717) is 11.9 Å². The molecule has 0 fully saturated rings. The van der Waals surface area contributed by atoms with Gasteiger partial charge in [0.05, 0.1) is 23.1 Å². The first kappa shape index (κ1) is 32.7. The van der Waals surface area contributed by atoms with Gasteiger partial charge in [0.2, 0.25) is 0 Å². The van der Waals surface area contributed by atoms with Gasteiger partial charge in [-0.05, 0) is 74.0 Å². The molecule has 2 atom stereocenters. The Balaban J connectivity index is 0.000000134. The fourth-order valence-corrected chi connectivity index (χ4v) is 6.32. The molecule has 0 aliphatic rings. The number of alkyl halides is 1. The van der Waals surface area contributed by atoms with Crippen LogP contribution in [0.15, 0.2) is 153 Å². The molecule has 6 heterocycles. The van der Waals surface area contributed by atoms with Gasteiger partial charge in [0.25, 0.3) is 0 Å². The van der Waals surface area contributed by atoms with E-state index in [0.717, 1.165) is 35.7 Å². The number of benzene rings is 2. The number of aromatic amines is 1. The van der Waals surface area contributed by atoms with Crippen molar-refractivity contribution in [1.29, 1.82) is 0 Å². The minimum atomic E-state index is 0.276. The molecule has 8 aromatic rings. The molecule has 0 saturated carbocycles. The lowest BCUT2D eigenvalue weighted by Gasteiger charge is -2.20. The molecular formula is C40H40ClN7. The predicted octanol–water partition coefficient (Wildman–Crippen LogP) is 9.05. The van der Waals surface area contributed by atoms with Crippen molar-refractivity contribution in [2.24, 2.45) is 0 Å². The molecule has 0 amide bonds. The molecular weight excluding hydrogens is 614 g/mol. The second kappa shape index (κ2) is 16.5. The van der Waals surface area contributed by atoms with E-state index < -0.39 is 0 Å². The lowest BCUT2D eigenvalue weighted by molar-refractivity contribution is 0.539. The number of hydrogen-bond donors (Lipinski definition) is 2. The molecule has 2 aromatic carbocycles. The average molecular weight is 654 g/mol. The third kappa shape index (κ3) is 7.82. The van der Waals surface area contributed by atoms with Crippen LogP contribution in [0.2, 0.25) is 0 Å². The maximum atomic E-state index is 5.99. The summed E-state index contributed by atoms with van der Waals surface area (Å²) in [4.78, 5) is 15.4. The summed E-state index contributed by atoms with van der Waals surface area (Å²) >= 11 is 5.99. The van der Waals surface area contributed by atoms with Gasteiger partial charge in [-0.2, -0.15) is 0 Å². The second-order valence-electron chi connectivity index (χ2n) is 11.5. The number of rotatable bonds is 9. The highest BCUT2D eigenvalue weighted by Gasteiger charge is 2.16. The average Bonchev–Trinajstić information content (AvgIpc) is 3.91. The highest BCUT2D eigenvalue weighted by atomic mass is 35.5. The Kier molecular flexibility index (Phi) is 11.3. The second-order valence-corrected chi connectivity index (χ2v) is 11.9. The standard InChI is InChI=1S/C17H19N3.C16H15ClN2.C7H6N2/c1-18-10-7-16(14-5-3-2-4-6-14)20-12-9-15-13-19-11-8-17(15)20;17-9-6-15(13-4-2-1-3-5-13)19-11-8-14-12-18-10-7-16(14)19;1-4-9-7-2-3-8-5-6(1)7/h2-6,8-9,11-13,16,18H,7,10H2,1H3;1-5,7-8,10-12,15H,6,9H2;1-5,9H.